The average molecular weight is 418 g/mol. The molecule has 7 nitrogen and oxygen atoms in total. The molecule has 0 saturated carbocycles. The van der Waals surface area contributed by atoms with Gasteiger partial charge in [0, 0.05) is 18.3 Å². The van der Waals surface area contributed by atoms with Crippen LogP contribution in [0.25, 0.3) is 11.0 Å². The normalized spacial score (nSPS) is 11.7. The van der Waals surface area contributed by atoms with E-state index < -0.39 is 12.0 Å². The summed E-state index contributed by atoms with van der Waals surface area (Å²) in [6, 6.07) is 10.2. The Morgan fingerprint density at radius 3 is 2.69 bits per heavy atom. The van der Waals surface area contributed by atoms with Crippen molar-refractivity contribution in [2.75, 3.05) is 5.73 Å². The van der Waals surface area contributed by atoms with E-state index in [0.29, 0.717) is 22.8 Å². The molecule has 0 fully saturated rings. The number of aromatic nitrogens is 5. The Morgan fingerprint density at radius 2 is 1.93 bits per heavy atom. The minimum Gasteiger partial charge on any atom is -0.456 e. The number of imidazole rings is 1. The van der Waals surface area contributed by atoms with Crippen LogP contribution in [0.3, 0.4) is 0 Å². The predicted molar refractivity (Wildman–Crippen MR) is 101 cm³/mol. The quantitative estimate of drug-likeness (QED) is 0.365. The van der Waals surface area contributed by atoms with Crippen molar-refractivity contribution in [1.29, 1.82) is 0 Å². The Balaban J connectivity index is 1.50. The first-order valence-electron chi connectivity index (χ1n) is 8.28. The highest BCUT2D eigenvalue weighted by molar-refractivity contribution is 7.98. The number of alkyl halides is 3. The fourth-order valence-electron chi connectivity index (χ4n) is 2.50. The minimum absolute atomic E-state index is 0.117. The summed E-state index contributed by atoms with van der Waals surface area (Å²) < 4.78 is 44.2. The van der Waals surface area contributed by atoms with Crippen molar-refractivity contribution in [1.82, 2.24) is 24.9 Å². The highest BCUT2D eigenvalue weighted by atomic mass is 32.2. The van der Waals surface area contributed by atoms with Crippen molar-refractivity contribution < 1.29 is 17.9 Å². The lowest BCUT2D eigenvalue weighted by atomic mass is 10.3. The molecule has 3 N–H and O–H groups in total. The zero-order valence-electron chi connectivity index (χ0n) is 14.6. The standard InChI is InChI=1S/C18H13F3N6OS/c19-18(20,21)17-26-14(22)7-16(27-17)29-9-15-24-12-4-3-10(6-13(12)25-15)28-11-2-1-5-23-8-11/h1-8H,9H2,(H,24,25)(H2,22,26,27). The van der Waals surface area contributed by atoms with Gasteiger partial charge in [0.25, 0.3) is 0 Å². The summed E-state index contributed by atoms with van der Waals surface area (Å²) in [4.78, 5) is 18.3. The molecule has 0 unspecified atom stereocenters. The van der Waals surface area contributed by atoms with E-state index in [9.17, 15) is 13.2 Å². The maximum atomic E-state index is 12.8. The first kappa shape index (κ1) is 19.0. The van der Waals surface area contributed by atoms with Crippen molar-refractivity contribution in [3.05, 3.63) is 60.4 Å². The van der Waals surface area contributed by atoms with Gasteiger partial charge in [0.2, 0.25) is 5.82 Å². The molecule has 0 spiro atoms. The zero-order valence-corrected chi connectivity index (χ0v) is 15.5. The molecule has 3 aromatic heterocycles. The second-order valence-electron chi connectivity index (χ2n) is 5.89. The summed E-state index contributed by atoms with van der Waals surface area (Å²) in [7, 11) is 0. The van der Waals surface area contributed by atoms with Crippen molar-refractivity contribution in [3.8, 4) is 11.5 Å². The Morgan fingerprint density at radius 1 is 1.07 bits per heavy atom. The number of benzene rings is 1. The van der Waals surface area contributed by atoms with Gasteiger partial charge in [-0.2, -0.15) is 13.2 Å². The number of ether oxygens (including phenoxy) is 1. The molecule has 4 rings (SSSR count). The summed E-state index contributed by atoms with van der Waals surface area (Å²) in [6.45, 7) is 0. The van der Waals surface area contributed by atoms with Crippen LogP contribution in [0, 0.1) is 0 Å². The lowest BCUT2D eigenvalue weighted by molar-refractivity contribution is -0.145. The second kappa shape index (κ2) is 7.59. The topological polar surface area (TPSA) is 103 Å². The first-order chi connectivity index (χ1) is 13.9. The van der Waals surface area contributed by atoms with E-state index in [4.69, 9.17) is 10.5 Å². The van der Waals surface area contributed by atoms with Gasteiger partial charge in [-0.1, -0.05) is 11.8 Å². The van der Waals surface area contributed by atoms with Crippen LogP contribution in [0.1, 0.15) is 11.6 Å². The van der Waals surface area contributed by atoms with Gasteiger partial charge in [-0.25, -0.2) is 15.0 Å². The molecule has 0 saturated heterocycles. The molecule has 4 aromatic rings. The minimum atomic E-state index is -4.66. The lowest BCUT2D eigenvalue weighted by Crippen LogP contribution is -2.12. The van der Waals surface area contributed by atoms with Crippen molar-refractivity contribution in [3.63, 3.8) is 0 Å². The van der Waals surface area contributed by atoms with Crippen LogP contribution in [0.15, 0.2) is 53.8 Å². The number of fused-ring (bicyclic) bond motifs is 1. The Bertz CT molecular complexity index is 1150. The van der Waals surface area contributed by atoms with Gasteiger partial charge in [0.15, 0.2) is 0 Å². The summed E-state index contributed by atoms with van der Waals surface area (Å²) in [6.07, 6.45) is -1.41. The van der Waals surface area contributed by atoms with Crippen LogP contribution in [0.2, 0.25) is 0 Å². The van der Waals surface area contributed by atoms with Crippen LogP contribution in [-0.4, -0.2) is 24.9 Å². The van der Waals surface area contributed by atoms with Crippen molar-refractivity contribution in [2.24, 2.45) is 0 Å². The van der Waals surface area contributed by atoms with Gasteiger partial charge in [-0.05, 0) is 24.3 Å². The predicted octanol–water partition coefficient (Wildman–Crippen LogP) is 4.43. The number of nitrogens with two attached hydrogens (primary N) is 1. The SMILES string of the molecule is Nc1cc(SCc2nc3ccc(Oc4cccnc4)cc3[nH]2)nc(C(F)(F)F)n1. The maximum Gasteiger partial charge on any atom is 0.451 e. The molecule has 0 aliphatic heterocycles. The molecule has 0 amide bonds. The zero-order chi connectivity index (χ0) is 20.4. The maximum absolute atomic E-state index is 12.8. The molecular formula is C18H13F3N6OS. The van der Waals surface area contributed by atoms with E-state index in [2.05, 4.69) is 24.9 Å². The molecule has 0 radical (unpaired) electrons. The van der Waals surface area contributed by atoms with E-state index >= 15 is 0 Å². The van der Waals surface area contributed by atoms with E-state index in [0.717, 1.165) is 17.3 Å². The smallest absolute Gasteiger partial charge is 0.451 e. The molecule has 148 valence electrons. The Kier molecular flexibility index (Phi) is 4.97. The third-order valence-corrected chi connectivity index (χ3v) is 4.63. The number of halogens is 3. The van der Waals surface area contributed by atoms with Crippen molar-refractivity contribution >= 4 is 28.6 Å². The third-order valence-electron chi connectivity index (χ3n) is 3.71. The van der Waals surface area contributed by atoms with E-state index in [1.54, 1.807) is 42.7 Å². The first-order valence-corrected chi connectivity index (χ1v) is 9.26. The number of nitrogen functional groups attached to an aromatic ring is 1. The molecule has 3 heterocycles. The molecule has 0 aliphatic carbocycles. The van der Waals surface area contributed by atoms with Gasteiger partial charge in [0.1, 0.15) is 28.2 Å². The second-order valence-corrected chi connectivity index (χ2v) is 6.89. The number of H-pyrrole nitrogens is 1. The third kappa shape index (κ3) is 4.57. The number of hydrogen-bond acceptors (Lipinski definition) is 7. The van der Waals surface area contributed by atoms with Crippen LogP contribution < -0.4 is 10.5 Å². The van der Waals surface area contributed by atoms with Crippen LogP contribution in [-0.2, 0) is 11.9 Å². The Labute approximate surface area is 166 Å². The average Bonchev–Trinajstić information content (AvgIpc) is 3.08. The van der Waals surface area contributed by atoms with Crippen LogP contribution >= 0.6 is 11.8 Å². The van der Waals surface area contributed by atoms with Gasteiger partial charge in [-0.15, -0.1) is 0 Å². The fraction of sp³-hybridized carbons (Fsp3) is 0.111. The van der Waals surface area contributed by atoms with Crippen LogP contribution in [0.4, 0.5) is 19.0 Å². The number of anilines is 1. The van der Waals surface area contributed by atoms with Gasteiger partial charge in [0.05, 0.1) is 23.0 Å². The van der Waals surface area contributed by atoms with Crippen LogP contribution in [0.5, 0.6) is 11.5 Å². The number of nitrogens with one attached hydrogen (secondary N) is 1. The molecule has 11 heteroatoms. The number of nitrogens with zero attached hydrogens (tertiary/aromatic N) is 4. The van der Waals surface area contributed by atoms with Crippen molar-refractivity contribution in [2.45, 2.75) is 17.0 Å². The molecule has 0 bridgehead atoms. The summed E-state index contributed by atoms with van der Waals surface area (Å²) in [5, 5.41) is 0.117. The molecule has 1 aromatic carbocycles. The summed E-state index contributed by atoms with van der Waals surface area (Å²) in [5.41, 5.74) is 6.90. The monoisotopic (exact) mass is 418 g/mol. The number of aromatic amines is 1. The summed E-state index contributed by atoms with van der Waals surface area (Å²) in [5.74, 6) is 0.560. The highest BCUT2D eigenvalue weighted by Crippen LogP contribution is 2.30. The van der Waals surface area contributed by atoms with Gasteiger partial charge < -0.3 is 15.5 Å². The molecule has 0 aliphatic rings. The fourth-order valence-corrected chi connectivity index (χ4v) is 3.28. The lowest BCUT2D eigenvalue weighted by Gasteiger charge is -2.07. The molecule has 29 heavy (non-hydrogen) atoms. The van der Waals surface area contributed by atoms with E-state index in [-0.39, 0.29) is 16.6 Å². The number of rotatable bonds is 5. The van der Waals surface area contributed by atoms with E-state index in [1.165, 1.54) is 6.07 Å². The summed E-state index contributed by atoms with van der Waals surface area (Å²) >= 11 is 1.08. The number of hydrogen-bond donors (Lipinski definition) is 2. The molecule has 0 atom stereocenters. The number of thioether (sulfide) groups is 1. The van der Waals surface area contributed by atoms with Gasteiger partial charge in [-0.3, -0.25) is 4.98 Å². The largest absolute Gasteiger partial charge is 0.456 e. The highest BCUT2D eigenvalue weighted by Gasteiger charge is 2.35. The Hall–Kier alpha value is -3.34. The van der Waals surface area contributed by atoms with Gasteiger partial charge >= 0.3 is 6.18 Å². The van der Waals surface area contributed by atoms with E-state index in [1.807, 2.05) is 0 Å². The number of pyridine rings is 1. The molecular weight excluding hydrogens is 405 g/mol.